The molecule has 2 N–H and O–H groups in total. The number of carboxylic acids is 1. The Kier molecular flexibility index (Phi) is 8.80. The lowest BCUT2D eigenvalue weighted by Crippen LogP contribution is -2.54. The van der Waals surface area contributed by atoms with E-state index < -0.39 is 23.8 Å². The molecule has 0 bridgehead atoms. The first-order valence-corrected chi connectivity index (χ1v) is 12.7. The van der Waals surface area contributed by atoms with Gasteiger partial charge in [0.1, 0.15) is 23.5 Å². The molecule has 1 heterocycles. The number of benzene rings is 3. The Bertz CT molecular complexity index is 1470. The molecule has 206 valence electrons. The Morgan fingerprint density at radius 3 is 2.35 bits per heavy atom. The van der Waals surface area contributed by atoms with Gasteiger partial charge in [-0.3, -0.25) is 14.9 Å². The first-order valence-electron chi connectivity index (χ1n) is 12.7. The van der Waals surface area contributed by atoms with Crippen LogP contribution in [0.2, 0.25) is 0 Å². The van der Waals surface area contributed by atoms with Crippen molar-refractivity contribution in [2.24, 2.45) is 0 Å². The molecule has 0 radical (unpaired) electrons. The van der Waals surface area contributed by atoms with Gasteiger partial charge in [-0.15, -0.1) is 0 Å². The summed E-state index contributed by atoms with van der Waals surface area (Å²) in [6, 6.07) is 17.2. The first kappa shape index (κ1) is 27.9. The summed E-state index contributed by atoms with van der Waals surface area (Å²) in [5, 5.41) is 11.9. The summed E-state index contributed by atoms with van der Waals surface area (Å²) in [6.07, 6.45) is 2.01. The number of carbonyl (C=O) groups is 4. The Morgan fingerprint density at radius 2 is 1.65 bits per heavy atom. The van der Waals surface area contributed by atoms with Crippen LogP contribution in [0.3, 0.4) is 0 Å². The second kappa shape index (κ2) is 12.6. The minimum Gasteiger partial charge on any atom is -0.490 e. The number of amides is 4. The highest BCUT2D eigenvalue weighted by Crippen LogP contribution is 2.34. The van der Waals surface area contributed by atoms with Crippen LogP contribution in [0.1, 0.15) is 41.8 Å². The van der Waals surface area contributed by atoms with Crippen LogP contribution in [-0.2, 0) is 16.2 Å². The number of hydrogen-bond acceptors (Lipinski definition) is 7. The normalized spacial score (nSPS) is 14.2. The lowest BCUT2D eigenvalue weighted by molar-refractivity contribution is -0.122. The van der Waals surface area contributed by atoms with Crippen LogP contribution in [0.25, 0.3) is 6.08 Å². The number of carbonyl (C=O) groups excluding carboxylic acids is 3. The molecule has 3 aromatic rings. The summed E-state index contributed by atoms with van der Waals surface area (Å²) in [6.45, 7) is 4.69. The highest BCUT2D eigenvalue weighted by Gasteiger charge is 2.37. The quantitative estimate of drug-likeness (QED) is 0.260. The van der Waals surface area contributed by atoms with Crippen LogP contribution in [0.5, 0.6) is 17.2 Å². The van der Waals surface area contributed by atoms with Crippen molar-refractivity contribution in [1.82, 2.24) is 5.32 Å². The molecule has 4 rings (SSSR count). The van der Waals surface area contributed by atoms with E-state index in [-0.39, 0.29) is 34.7 Å². The molecule has 0 saturated carbocycles. The molecule has 0 unspecified atom stereocenters. The number of nitrogens with zero attached hydrogens (tertiary/aromatic N) is 1. The third-order valence-corrected chi connectivity index (χ3v) is 5.83. The molecule has 3 aromatic carbocycles. The van der Waals surface area contributed by atoms with Gasteiger partial charge >= 0.3 is 12.0 Å². The van der Waals surface area contributed by atoms with E-state index in [4.69, 9.17) is 14.2 Å². The molecule has 4 amide bonds. The predicted octanol–water partition coefficient (Wildman–Crippen LogP) is 4.82. The van der Waals surface area contributed by atoms with Crippen LogP contribution < -0.4 is 24.4 Å². The van der Waals surface area contributed by atoms with Crippen LogP contribution in [-0.4, -0.2) is 42.1 Å². The Morgan fingerprint density at radius 1 is 0.900 bits per heavy atom. The fourth-order valence-electron chi connectivity index (χ4n) is 3.96. The third-order valence-electron chi connectivity index (χ3n) is 5.83. The molecule has 1 aliphatic heterocycles. The topological polar surface area (TPSA) is 131 Å². The van der Waals surface area contributed by atoms with Crippen molar-refractivity contribution in [2.45, 2.75) is 26.9 Å². The predicted molar refractivity (Wildman–Crippen MR) is 147 cm³/mol. The van der Waals surface area contributed by atoms with Gasteiger partial charge in [0, 0.05) is 6.07 Å². The van der Waals surface area contributed by atoms with Crippen LogP contribution in [0.4, 0.5) is 10.5 Å². The van der Waals surface area contributed by atoms with Crippen LogP contribution >= 0.6 is 0 Å². The van der Waals surface area contributed by atoms with Gasteiger partial charge in [0.05, 0.1) is 18.9 Å². The van der Waals surface area contributed by atoms with E-state index in [1.165, 1.54) is 36.4 Å². The van der Waals surface area contributed by atoms with Crippen molar-refractivity contribution in [3.8, 4) is 17.2 Å². The summed E-state index contributed by atoms with van der Waals surface area (Å²) in [5.41, 5.74) is 0.792. The highest BCUT2D eigenvalue weighted by molar-refractivity contribution is 6.39. The monoisotopic (exact) mass is 544 g/mol. The van der Waals surface area contributed by atoms with Crippen molar-refractivity contribution in [1.29, 1.82) is 0 Å². The maximum Gasteiger partial charge on any atom is 0.339 e. The summed E-state index contributed by atoms with van der Waals surface area (Å²) >= 11 is 0. The minimum absolute atomic E-state index is 0.128. The number of anilines is 1. The van der Waals surface area contributed by atoms with Crippen molar-refractivity contribution < 1.29 is 38.5 Å². The van der Waals surface area contributed by atoms with E-state index in [2.05, 4.69) is 5.32 Å². The Hall–Kier alpha value is -5.12. The van der Waals surface area contributed by atoms with E-state index >= 15 is 0 Å². The van der Waals surface area contributed by atoms with Crippen molar-refractivity contribution in [3.63, 3.8) is 0 Å². The lowest BCUT2D eigenvalue weighted by Gasteiger charge is -2.27. The number of aromatic carboxylic acids is 1. The molecule has 0 atom stereocenters. The molecule has 40 heavy (non-hydrogen) atoms. The maximum absolute atomic E-state index is 13.4. The van der Waals surface area contributed by atoms with Gasteiger partial charge in [-0.05, 0) is 54.8 Å². The maximum atomic E-state index is 13.4. The molecular weight excluding hydrogens is 516 g/mol. The summed E-state index contributed by atoms with van der Waals surface area (Å²) in [7, 11) is 0. The van der Waals surface area contributed by atoms with Gasteiger partial charge in [0.2, 0.25) is 0 Å². The van der Waals surface area contributed by atoms with Gasteiger partial charge in [0.25, 0.3) is 11.8 Å². The molecule has 0 aliphatic carbocycles. The molecule has 0 spiro atoms. The molecule has 1 aliphatic rings. The molecule has 1 fully saturated rings. The second-order valence-corrected chi connectivity index (χ2v) is 8.71. The molecule has 1 saturated heterocycles. The highest BCUT2D eigenvalue weighted by atomic mass is 16.5. The van der Waals surface area contributed by atoms with Crippen molar-refractivity contribution in [3.05, 3.63) is 89.0 Å². The van der Waals surface area contributed by atoms with Crippen molar-refractivity contribution in [2.75, 3.05) is 18.1 Å². The number of barbiturate groups is 1. The Labute approximate surface area is 230 Å². The summed E-state index contributed by atoms with van der Waals surface area (Å²) in [5.74, 6) is -2.09. The molecule has 10 nitrogen and oxygen atoms in total. The number of urea groups is 1. The minimum atomic E-state index is -1.24. The van der Waals surface area contributed by atoms with Crippen LogP contribution in [0.15, 0.2) is 72.3 Å². The van der Waals surface area contributed by atoms with Gasteiger partial charge in [-0.1, -0.05) is 43.3 Å². The van der Waals surface area contributed by atoms with E-state index in [1.54, 1.807) is 13.0 Å². The van der Waals surface area contributed by atoms with Gasteiger partial charge < -0.3 is 19.3 Å². The second-order valence-electron chi connectivity index (χ2n) is 8.71. The number of hydrogen-bond donors (Lipinski definition) is 2. The average Bonchev–Trinajstić information content (AvgIpc) is 2.94. The van der Waals surface area contributed by atoms with Gasteiger partial charge in [0.15, 0.2) is 11.5 Å². The number of nitrogens with one attached hydrogen (secondary N) is 1. The number of carboxylic acid groups (broad SMARTS) is 1. The summed E-state index contributed by atoms with van der Waals surface area (Å²) in [4.78, 5) is 51.5. The van der Waals surface area contributed by atoms with Gasteiger partial charge in [-0.25, -0.2) is 14.5 Å². The zero-order valence-corrected chi connectivity index (χ0v) is 22.0. The molecule has 0 aromatic heterocycles. The van der Waals surface area contributed by atoms with E-state index in [1.807, 2.05) is 37.3 Å². The SMILES string of the molecule is CCCOc1ccc(N2C(=O)NC(=O)/C(=C\c3ccc(OCc4ccccc4)c(C(=O)O)c3)C2=O)cc1OCC. The third kappa shape index (κ3) is 6.29. The summed E-state index contributed by atoms with van der Waals surface area (Å²) < 4.78 is 17.0. The van der Waals surface area contributed by atoms with E-state index in [0.29, 0.717) is 24.7 Å². The number of ether oxygens (including phenoxy) is 3. The Balaban J connectivity index is 1.63. The standard InChI is InChI=1S/C30H28N2O8/c1-3-14-39-25-13-11-21(17-26(25)38-4-2)32-28(34)23(27(33)31-30(32)37)16-20-10-12-24(22(15-20)29(35)36)40-18-19-8-6-5-7-9-19/h5-13,15-17H,3-4,14,18H2,1-2H3,(H,35,36)(H,31,33,37)/b23-16+. The fraction of sp³-hybridized carbons (Fsp3) is 0.200. The smallest absolute Gasteiger partial charge is 0.339 e. The van der Waals surface area contributed by atoms with E-state index in [0.717, 1.165) is 16.9 Å². The largest absolute Gasteiger partial charge is 0.490 e. The molecule has 10 heteroatoms. The molecular formula is C30H28N2O8. The number of imide groups is 2. The van der Waals surface area contributed by atoms with Gasteiger partial charge in [-0.2, -0.15) is 0 Å². The zero-order valence-electron chi connectivity index (χ0n) is 22.0. The van der Waals surface area contributed by atoms with Crippen molar-refractivity contribution >= 4 is 35.6 Å². The van der Waals surface area contributed by atoms with Crippen LogP contribution in [0, 0.1) is 0 Å². The fourth-order valence-corrected chi connectivity index (χ4v) is 3.96. The lowest BCUT2D eigenvalue weighted by atomic mass is 10.0. The zero-order chi connectivity index (χ0) is 28.6. The first-order chi connectivity index (χ1) is 19.3. The average molecular weight is 545 g/mol. The number of rotatable bonds is 11. The van der Waals surface area contributed by atoms with E-state index in [9.17, 15) is 24.3 Å².